The first-order valence-corrected chi connectivity index (χ1v) is 18.5. The van der Waals surface area contributed by atoms with Crippen LogP contribution in [-0.2, 0) is 19.1 Å². The molecule has 0 bridgehead atoms. The number of Topliss-reactive ketones (excluding diaryl/α,β-unsaturated/α-hetero) is 2. The van der Waals surface area contributed by atoms with Crippen molar-refractivity contribution in [1.29, 1.82) is 0 Å². The number of halogens is 1. The van der Waals surface area contributed by atoms with Crippen molar-refractivity contribution in [2.24, 2.45) is 29.6 Å². The number of nitrogens with one attached hydrogen (secondary N) is 2. The molecule has 7 rings (SSSR count). The molecule has 1 amide bonds. The number of amides is 1. The summed E-state index contributed by atoms with van der Waals surface area (Å²) >= 11 is 0. The van der Waals surface area contributed by atoms with E-state index in [1.165, 1.54) is 12.8 Å². The third-order valence-electron chi connectivity index (χ3n) is 13.0. The highest BCUT2D eigenvalue weighted by atomic mass is 19.1. The van der Waals surface area contributed by atoms with Crippen molar-refractivity contribution in [3.8, 4) is 0 Å². The van der Waals surface area contributed by atoms with Gasteiger partial charge in [0.05, 0.1) is 35.9 Å². The molecule has 9 nitrogen and oxygen atoms in total. The minimum atomic E-state index is -1.25. The number of ether oxygens (including phenoxy) is 1. The Hall–Kier alpha value is -1.88. The van der Waals surface area contributed by atoms with E-state index in [4.69, 9.17) is 4.74 Å². The maximum atomic E-state index is 16.2. The number of alkyl halides is 1. The van der Waals surface area contributed by atoms with E-state index in [-0.39, 0.29) is 53.7 Å². The van der Waals surface area contributed by atoms with Crippen molar-refractivity contribution in [2.45, 2.75) is 120 Å². The minimum absolute atomic E-state index is 0.00999. The molecule has 4 aliphatic carbocycles. The molecular weight excluding hydrogens is 585 g/mol. The SMILES string of the molecule is CN(C)CCCCNC1C(F)CC2C(=O)C(C(=O)NCCC3CCCN3C)=CN3C4CC5C(CC4OC1C23)C(=O)C1CCCCC15. The van der Waals surface area contributed by atoms with E-state index in [0.717, 1.165) is 64.5 Å². The molecule has 0 radical (unpaired) electrons. The van der Waals surface area contributed by atoms with Crippen LogP contribution >= 0.6 is 0 Å². The first kappa shape index (κ1) is 32.7. The van der Waals surface area contributed by atoms with Crippen LogP contribution in [0.2, 0.25) is 0 Å². The lowest BCUT2D eigenvalue weighted by atomic mass is 9.66. The Morgan fingerprint density at radius 1 is 1.00 bits per heavy atom. The highest BCUT2D eigenvalue weighted by Gasteiger charge is 2.62. The number of nitrogens with zero attached hydrogens (tertiary/aromatic N) is 3. The smallest absolute Gasteiger partial charge is 0.256 e. The summed E-state index contributed by atoms with van der Waals surface area (Å²) in [7, 11) is 6.24. The average molecular weight is 642 g/mol. The van der Waals surface area contributed by atoms with Crippen molar-refractivity contribution in [1.82, 2.24) is 25.3 Å². The Labute approximate surface area is 274 Å². The summed E-state index contributed by atoms with van der Waals surface area (Å²) in [5.74, 6) is 0.172. The molecule has 3 heterocycles. The van der Waals surface area contributed by atoms with Gasteiger partial charge in [0.1, 0.15) is 12.0 Å². The van der Waals surface area contributed by atoms with E-state index in [1.807, 2.05) is 6.20 Å². The Bertz CT molecular complexity index is 1200. The zero-order valence-corrected chi connectivity index (χ0v) is 28.2. The summed E-state index contributed by atoms with van der Waals surface area (Å²) in [5.41, 5.74) is 0.169. The van der Waals surface area contributed by atoms with Crippen molar-refractivity contribution in [3.05, 3.63) is 11.8 Å². The van der Waals surface area contributed by atoms with Gasteiger partial charge < -0.3 is 30.1 Å². The maximum Gasteiger partial charge on any atom is 0.256 e. The van der Waals surface area contributed by atoms with Crippen LogP contribution in [0.5, 0.6) is 0 Å². The lowest BCUT2D eigenvalue weighted by Crippen LogP contribution is -2.73. The largest absolute Gasteiger partial charge is 0.369 e. The highest BCUT2D eigenvalue weighted by molar-refractivity contribution is 6.20. The molecule has 12 unspecified atom stereocenters. The molecule has 7 aliphatic rings. The zero-order valence-electron chi connectivity index (χ0n) is 28.2. The summed E-state index contributed by atoms with van der Waals surface area (Å²) in [4.78, 5) is 48.1. The van der Waals surface area contributed by atoms with Crippen LogP contribution in [0, 0.1) is 29.6 Å². The van der Waals surface area contributed by atoms with Gasteiger partial charge in [0.25, 0.3) is 5.91 Å². The van der Waals surface area contributed by atoms with Crippen LogP contribution in [0.1, 0.15) is 77.0 Å². The van der Waals surface area contributed by atoms with Gasteiger partial charge in [-0.1, -0.05) is 12.8 Å². The maximum absolute atomic E-state index is 16.2. The predicted octanol–water partition coefficient (Wildman–Crippen LogP) is 2.93. The van der Waals surface area contributed by atoms with E-state index < -0.39 is 24.2 Å². The average Bonchev–Trinajstić information content (AvgIpc) is 3.57. The molecular formula is C36H56FN5O4. The Morgan fingerprint density at radius 2 is 1.83 bits per heavy atom. The number of morpholine rings is 1. The Morgan fingerprint density at radius 3 is 2.61 bits per heavy atom. The second-order valence-electron chi connectivity index (χ2n) is 15.9. The molecule has 46 heavy (non-hydrogen) atoms. The number of rotatable bonds is 10. The predicted molar refractivity (Wildman–Crippen MR) is 174 cm³/mol. The standard InChI is InChI=1S/C36H56FN5O4/c1-40(2)15-7-6-13-38-31-28(37)17-26-32-35(31)46-30-19-25-24(22-10-4-5-11-23(22)33(25)43)18-29(30)42(32)20-27(34(26)44)36(45)39-14-12-21-9-8-16-41(21)3/h20-26,28-32,35,38H,4-19H2,1-3H3,(H,39,45). The fourth-order valence-electron chi connectivity index (χ4n) is 10.8. The molecule has 0 spiro atoms. The molecule has 12 atom stereocenters. The highest BCUT2D eigenvalue weighted by Crippen LogP contribution is 2.55. The van der Waals surface area contributed by atoms with Gasteiger partial charge >= 0.3 is 0 Å². The number of hydrogen-bond donors (Lipinski definition) is 2. The first-order valence-electron chi connectivity index (χ1n) is 18.5. The molecule has 256 valence electrons. The van der Waals surface area contributed by atoms with Gasteiger partial charge in [-0.15, -0.1) is 0 Å². The van der Waals surface area contributed by atoms with E-state index in [9.17, 15) is 14.4 Å². The van der Waals surface area contributed by atoms with E-state index in [0.29, 0.717) is 43.2 Å². The van der Waals surface area contributed by atoms with Crippen LogP contribution in [0.4, 0.5) is 4.39 Å². The van der Waals surface area contributed by atoms with Gasteiger partial charge in [-0.25, -0.2) is 4.39 Å². The van der Waals surface area contributed by atoms with Gasteiger partial charge in [0, 0.05) is 36.5 Å². The van der Waals surface area contributed by atoms with Crippen LogP contribution in [0.15, 0.2) is 11.8 Å². The number of likely N-dealkylation sites (tertiary alicyclic amines) is 1. The van der Waals surface area contributed by atoms with Gasteiger partial charge in [0.15, 0.2) is 5.78 Å². The number of hydrogen-bond acceptors (Lipinski definition) is 8. The topological polar surface area (TPSA) is 94.2 Å². The minimum Gasteiger partial charge on any atom is -0.369 e. The van der Waals surface area contributed by atoms with Gasteiger partial charge in [-0.2, -0.15) is 0 Å². The van der Waals surface area contributed by atoms with Crippen molar-refractivity contribution in [2.75, 3.05) is 47.3 Å². The number of carbonyl (C=O) groups excluding carboxylic acids is 3. The zero-order chi connectivity index (χ0) is 32.1. The molecule has 10 heteroatoms. The van der Waals surface area contributed by atoms with Crippen molar-refractivity contribution >= 4 is 17.5 Å². The second-order valence-corrected chi connectivity index (χ2v) is 15.9. The normalized spacial score (nSPS) is 41.9. The van der Waals surface area contributed by atoms with E-state index >= 15 is 4.39 Å². The molecule has 0 aromatic rings. The third-order valence-corrected chi connectivity index (χ3v) is 13.0. The van der Waals surface area contributed by atoms with E-state index in [2.05, 4.69) is 46.5 Å². The Kier molecular flexibility index (Phi) is 9.62. The van der Waals surface area contributed by atoms with E-state index in [1.54, 1.807) is 0 Å². The molecule has 6 fully saturated rings. The van der Waals surface area contributed by atoms with Crippen LogP contribution in [0.3, 0.4) is 0 Å². The van der Waals surface area contributed by atoms with Gasteiger partial charge in [-0.3, -0.25) is 14.4 Å². The van der Waals surface area contributed by atoms with Crippen LogP contribution in [0.25, 0.3) is 0 Å². The summed E-state index contributed by atoms with van der Waals surface area (Å²) in [6.07, 6.45) is 11.0. The number of fused-ring (bicyclic) bond motifs is 5. The Balaban J connectivity index is 1.14. The fourth-order valence-corrected chi connectivity index (χ4v) is 10.8. The monoisotopic (exact) mass is 641 g/mol. The third kappa shape index (κ3) is 5.98. The number of carbonyl (C=O) groups is 3. The molecule has 0 aromatic carbocycles. The summed E-state index contributed by atoms with van der Waals surface area (Å²) in [5, 5.41) is 6.56. The molecule has 2 saturated heterocycles. The number of unbranched alkanes of at least 4 members (excludes halogenated alkanes) is 1. The lowest BCUT2D eigenvalue weighted by molar-refractivity contribution is -0.206. The summed E-state index contributed by atoms with van der Waals surface area (Å²) in [6, 6.07) is -0.395. The second kappa shape index (κ2) is 13.6. The lowest BCUT2D eigenvalue weighted by Gasteiger charge is -2.60. The first-order chi connectivity index (χ1) is 22.2. The van der Waals surface area contributed by atoms with Crippen LogP contribution in [-0.4, -0.2) is 122 Å². The van der Waals surface area contributed by atoms with Crippen molar-refractivity contribution < 1.29 is 23.5 Å². The van der Waals surface area contributed by atoms with Crippen molar-refractivity contribution in [3.63, 3.8) is 0 Å². The number of ketones is 2. The molecule has 3 aliphatic heterocycles. The van der Waals surface area contributed by atoms with Gasteiger partial charge in [0.2, 0.25) is 0 Å². The molecule has 2 N–H and O–H groups in total. The summed E-state index contributed by atoms with van der Waals surface area (Å²) < 4.78 is 23.1. The fraction of sp³-hybridized carbons (Fsp3) is 0.861. The van der Waals surface area contributed by atoms with Gasteiger partial charge in [-0.05, 0) is 117 Å². The molecule has 0 aromatic heterocycles. The molecule has 4 saturated carbocycles. The quantitative estimate of drug-likeness (QED) is 0.278. The van der Waals surface area contributed by atoms with Crippen LogP contribution < -0.4 is 10.6 Å². The summed E-state index contributed by atoms with van der Waals surface area (Å²) in [6.45, 7) is 3.26.